The van der Waals surface area contributed by atoms with Gasteiger partial charge >= 0.3 is 0 Å². The summed E-state index contributed by atoms with van der Waals surface area (Å²) in [5.41, 5.74) is -2.22. The molecule has 1 unspecified atom stereocenters. The molecule has 0 aromatic carbocycles. The molecule has 0 aliphatic carbocycles. The van der Waals surface area contributed by atoms with Crippen LogP contribution in [0.2, 0.25) is 0 Å². The molecule has 1 atom stereocenters. The van der Waals surface area contributed by atoms with Crippen molar-refractivity contribution in [3.8, 4) is 0 Å². The summed E-state index contributed by atoms with van der Waals surface area (Å²) in [5, 5.41) is 0. The molecular weight excluding hydrogens is 271 g/mol. The number of nitrogens with zero attached hydrogens (tertiary/aromatic N) is 2. The first-order chi connectivity index (χ1) is 8.66. The second-order valence-electron chi connectivity index (χ2n) is 4.86. The Hall–Kier alpha value is -0.950. The summed E-state index contributed by atoms with van der Waals surface area (Å²) >= 11 is 0. The summed E-state index contributed by atoms with van der Waals surface area (Å²) in [4.78, 5) is 0. The minimum absolute atomic E-state index is 0.203. The molecule has 0 fully saturated rings. The SMILES string of the molecule is CC(C)C[n+]1ccn(C)c1.CCCC(F)S(=O)(=O)[O-]. The Bertz CT molecular complexity index is 457. The lowest BCUT2D eigenvalue weighted by atomic mass is 10.2. The number of aromatic nitrogens is 2. The molecule has 0 N–H and O–H groups in total. The van der Waals surface area contributed by atoms with Crippen LogP contribution in [0.1, 0.15) is 33.6 Å². The third-order valence-electron chi connectivity index (χ3n) is 2.23. The van der Waals surface area contributed by atoms with Gasteiger partial charge in [0.2, 0.25) is 6.33 Å². The van der Waals surface area contributed by atoms with Crippen molar-refractivity contribution in [2.24, 2.45) is 13.0 Å². The molecule has 1 heterocycles. The Morgan fingerprint density at radius 1 is 1.42 bits per heavy atom. The fourth-order valence-corrected chi connectivity index (χ4v) is 1.93. The van der Waals surface area contributed by atoms with E-state index in [2.05, 4.69) is 41.7 Å². The zero-order valence-corrected chi connectivity index (χ0v) is 12.7. The zero-order chi connectivity index (χ0) is 15.1. The number of aryl methyl sites for hydroxylation is 1. The van der Waals surface area contributed by atoms with Gasteiger partial charge in [0, 0.05) is 0 Å². The molecular formula is C12H23FN2O3S. The Morgan fingerprint density at radius 3 is 2.26 bits per heavy atom. The van der Waals surface area contributed by atoms with Gasteiger partial charge in [-0.25, -0.2) is 21.9 Å². The lowest BCUT2D eigenvalue weighted by Crippen LogP contribution is -2.33. The van der Waals surface area contributed by atoms with Crippen LogP contribution < -0.4 is 4.57 Å². The maximum absolute atomic E-state index is 12.0. The monoisotopic (exact) mass is 294 g/mol. The van der Waals surface area contributed by atoms with Crippen LogP contribution in [-0.2, 0) is 23.7 Å². The Labute approximate surface area is 114 Å². The molecule has 0 aliphatic rings. The van der Waals surface area contributed by atoms with Crippen LogP contribution >= 0.6 is 0 Å². The van der Waals surface area contributed by atoms with Crippen LogP contribution in [0.15, 0.2) is 18.7 Å². The molecule has 0 spiro atoms. The van der Waals surface area contributed by atoms with E-state index in [4.69, 9.17) is 0 Å². The standard InChI is InChI=1S/C8H15N2.C4H9FO3S/c1-8(2)6-10-5-4-9(3)7-10;1-2-3-4(5)9(6,7)8/h4-5,7-8H,6H2,1-3H3;4H,2-3H2,1H3,(H,6,7,8)/q+1;/p-1. The highest BCUT2D eigenvalue weighted by Gasteiger charge is 2.11. The average Bonchev–Trinajstić information content (AvgIpc) is 2.63. The molecule has 7 heteroatoms. The summed E-state index contributed by atoms with van der Waals surface area (Å²) < 4.78 is 45.6. The van der Waals surface area contributed by atoms with Gasteiger partial charge in [0.1, 0.15) is 22.5 Å². The molecule has 5 nitrogen and oxygen atoms in total. The van der Waals surface area contributed by atoms with Crippen molar-refractivity contribution in [2.75, 3.05) is 0 Å². The van der Waals surface area contributed by atoms with Crippen LogP contribution in [0.3, 0.4) is 0 Å². The van der Waals surface area contributed by atoms with E-state index in [1.54, 1.807) is 6.92 Å². The van der Waals surface area contributed by atoms with Crippen molar-refractivity contribution >= 4 is 10.1 Å². The molecule has 0 aliphatic heterocycles. The number of alkyl halides is 1. The van der Waals surface area contributed by atoms with Crippen molar-refractivity contribution in [1.82, 2.24) is 4.57 Å². The van der Waals surface area contributed by atoms with Crippen molar-refractivity contribution in [1.29, 1.82) is 0 Å². The van der Waals surface area contributed by atoms with Crippen molar-refractivity contribution in [3.63, 3.8) is 0 Å². The van der Waals surface area contributed by atoms with Gasteiger partial charge in [0.25, 0.3) is 0 Å². The average molecular weight is 294 g/mol. The highest BCUT2D eigenvalue weighted by molar-refractivity contribution is 7.86. The molecule has 0 radical (unpaired) electrons. The molecule has 19 heavy (non-hydrogen) atoms. The number of hydrogen-bond acceptors (Lipinski definition) is 3. The Morgan fingerprint density at radius 2 is 2.00 bits per heavy atom. The maximum atomic E-state index is 12.0. The van der Waals surface area contributed by atoms with E-state index >= 15 is 0 Å². The fourth-order valence-electron chi connectivity index (χ4n) is 1.40. The van der Waals surface area contributed by atoms with Gasteiger partial charge in [-0.1, -0.05) is 27.2 Å². The van der Waals surface area contributed by atoms with Gasteiger partial charge in [-0.05, 0) is 12.3 Å². The highest BCUT2D eigenvalue weighted by atomic mass is 32.2. The summed E-state index contributed by atoms with van der Waals surface area (Å²) in [6.45, 7) is 7.17. The van der Waals surface area contributed by atoms with Crippen molar-refractivity contribution < 1.29 is 21.9 Å². The van der Waals surface area contributed by atoms with Crippen LogP contribution in [0.4, 0.5) is 4.39 Å². The lowest BCUT2D eigenvalue weighted by Gasteiger charge is -2.10. The van der Waals surface area contributed by atoms with Crippen LogP contribution in [0.25, 0.3) is 0 Å². The van der Waals surface area contributed by atoms with Crippen molar-refractivity contribution in [2.45, 2.75) is 45.7 Å². The van der Waals surface area contributed by atoms with E-state index in [1.807, 2.05) is 7.05 Å². The molecule has 1 aromatic rings. The number of rotatable bonds is 5. The third-order valence-corrected chi connectivity index (χ3v) is 3.09. The van der Waals surface area contributed by atoms with Gasteiger partial charge in [0.15, 0.2) is 5.50 Å². The maximum Gasteiger partial charge on any atom is 0.243 e. The second kappa shape index (κ2) is 8.27. The quantitative estimate of drug-likeness (QED) is 0.612. The van der Waals surface area contributed by atoms with Gasteiger partial charge in [-0.3, -0.25) is 0 Å². The topological polar surface area (TPSA) is 66.0 Å². The summed E-state index contributed by atoms with van der Waals surface area (Å²) in [6, 6.07) is 0. The molecule has 0 saturated carbocycles. The van der Waals surface area contributed by atoms with Gasteiger partial charge in [-0.2, -0.15) is 0 Å². The fraction of sp³-hybridized carbons (Fsp3) is 0.750. The first kappa shape index (κ1) is 18.0. The lowest BCUT2D eigenvalue weighted by molar-refractivity contribution is -0.701. The van der Waals surface area contributed by atoms with E-state index in [0.717, 1.165) is 12.5 Å². The van der Waals surface area contributed by atoms with E-state index in [-0.39, 0.29) is 6.42 Å². The number of halogens is 1. The number of imidazole rings is 1. The van der Waals surface area contributed by atoms with Crippen LogP contribution in [0.5, 0.6) is 0 Å². The van der Waals surface area contributed by atoms with E-state index in [0.29, 0.717) is 6.42 Å². The van der Waals surface area contributed by atoms with E-state index in [1.165, 1.54) is 0 Å². The summed E-state index contributed by atoms with van der Waals surface area (Å²) in [5.74, 6) is 0.729. The minimum Gasteiger partial charge on any atom is -0.746 e. The Kier molecular flexibility index (Phi) is 7.85. The molecule has 112 valence electrons. The predicted molar refractivity (Wildman–Crippen MR) is 69.9 cm³/mol. The molecule has 0 amide bonds. The zero-order valence-electron chi connectivity index (χ0n) is 11.9. The van der Waals surface area contributed by atoms with Crippen LogP contribution in [0, 0.1) is 5.92 Å². The van der Waals surface area contributed by atoms with E-state index < -0.39 is 15.6 Å². The second-order valence-corrected chi connectivity index (χ2v) is 6.36. The molecule has 0 saturated heterocycles. The van der Waals surface area contributed by atoms with E-state index in [9.17, 15) is 17.4 Å². The molecule has 0 bridgehead atoms. The smallest absolute Gasteiger partial charge is 0.243 e. The summed E-state index contributed by atoms with van der Waals surface area (Å²) in [7, 11) is -2.64. The third kappa shape index (κ3) is 8.72. The largest absolute Gasteiger partial charge is 0.746 e. The highest BCUT2D eigenvalue weighted by Crippen LogP contribution is 2.06. The van der Waals surface area contributed by atoms with Crippen LogP contribution in [-0.4, -0.2) is 23.0 Å². The van der Waals surface area contributed by atoms with Gasteiger partial charge in [0.05, 0.1) is 13.6 Å². The first-order valence-corrected chi connectivity index (χ1v) is 7.73. The number of hydrogen-bond donors (Lipinski definition) is 0. The first-order valence-electron chi connectivity index (χ1n) is 6.26. The predicted octanol–water partition coefficient (Wildman–Crippen LogP) is 1.60. The van der Waals surface area contributed by atoms with Crippen molar-refractivity contribution in [3.05, 3.63) is 18.7 Å². The minimum atomic E-state index is -4.68. The summed E-state index contributed by atoms with van der Waals surface area (Å²) in [6.07, 6.45) is 6.41. The van der Waals surface area contributed by atoms with Gasteiger partial charge < -0.3 is 4.55 Å². The molecule has 1 rings (SSSR count). The van der Waals surface area contributed by atoms with Gasteiger partial charge in [-0.15, -0.1) is 0 Å². The molecule has 1 aromatic heterocycles. The Balaban J connectivity index is 0.000000344. The normalized spacial score (nSPS) is 13.0.